The van der Waals surface area contributed by atoms with Crippen LogP contribution in [0.25, 0.3) is 10.9 Å². The van der Waals surface area contributed by atoms with Crippen molar-refractivity contribution in [2.24, 2.45) is 0 Å². The van der Waals surface area contributed by atoms with Crippen molar-refractivity contribution in [2.45, 2.75) is 18.7 Å². The first-order valence-electron chi connectivity index (χ1n) is 7.37. The van der Waals surface area contributed by atoms with Crippen molar-refractivity contribution in [3.05, 3.63) is 59.8 Å². The van der Waals surface area contributed by atoms with Crippen molar-refractivity contribution in [1.82, 2.24) is 3.97 Å². The third kappa shape index (κ3) is 2.59. The number of benzene rings is 2. The Morgan fingerprint density at radius 1 is 1.08 bits per heavy atom. The fraction of sp³-hybridized carbons (Fsp3) is 0.167. The lowest BCUT2D eigenvalue weighted by molar-refractivity contribution is 0.101. The fourth-order valence-electron chi connectivity index (χ4n) is 2.61. The minimum Gasteiger partial charge on any atom is -0.497 e. The van der Waals surface area contributed by atoms with Crippen molar-refractivity contribution >= 4 is 26.7 Å². The summed E-state index contributed by atoms with van der Waals surface area (Å²) in [4.78, 5) is 12.1. The van der Waals surface area contributed by atoms with E-state index in [0.29, 0.717) is 22.2 Å². The van der Waals surface area contributed by atoms with Crippen molar-refractivity contribution in [3.63, 3.8) is 0 Å². The van der Waals surface area contributed by atoms with Crippen LogP contribution in [0.3, 0.4) is 0 Å². The molecule has 1 heterocycles. The molecule has 0 fully saturated rings. The molecule has 0 saturated carbocycles. The molecule has 0 N–H and O–H groups in total. The van der Waals surface area contributed by atoms with Crippen molar-refractivity contribution < 1.29 is 17.9 Å². The second-order valence-electron chi connectivity index (χ2n) is 5.60. The lowest BCUT2D eigenvalue weighted by Crippen LogP contribution is -2.12. The molecule has 24 heavy (non-hydrogen) atoms. The van der Waals surface area contributed by atoms with E-state index in [1.807, 2.05) is 6.92 Å². The van der Waals surface area contributed by atoms with E-state index >= 15 is 0 Å². The highest BCUT2D eigenvalue weighted by molar-refractivity contribution is 7.90. The number of nitrogens with zero attached hydrogens (tertiary/aromatic N) is 1. The molecule has 0 amide bonds. The zero-order valence-electron chi connectivity index (χ0n) is 13.6. The highest BCUT2D eigenvalue weighted by Gasteiger charge is 2.22. The molecule has 0 unspecified atom stereocenters. The number of aryl methyl sites for hydroxylation is 1. The average molecular weight is 343 g/mol. The molecule has 0 spiro atoms. The van der Waals surface area contributed by atoms with E-state index in [-0.39, 0.29) is 10.7 Å². The normalized spacial score (nSPS) is 11.6. The Morgan fingerprint density at radius 3 is 2.33 bits per heavy atom. The van der Waals surface area contributed by atoms with Gasteiger partial charge in [-0.3, -0.25) is 4.79 Å². The van der Waals surface area contributed by atoms with E-state index in [1.54, 1.807) is 42.5 Å². The molecule has 0 atom stereocenters. The summed E-state index contributed by atoms with van der Waals surface area (Å²) in [5, 5.41) is 0.582. The van der Waals surface area contributed by atoms with Gasteiger partial charge in [-0.2, -0.15) is 0 Å². The van der Waals surface area contributed by atoms with Gasteiger partial charge in [0.05, 0.1) is 17.5 Å². The summed E-state index contributed by atoms with van der Waals surface area (Å²) in [6, 6.07) is 11.6. The molecule has 0 aliphatic heterocycles. The van der Waals surface area contributed by atoms with Crippen molar-refractivity contribution in [1.29, 1.82) is 0 Å². The van der Waals surface area contributed by atoms with Crippen LogP contribution in [0.5, 0.6) is 5.75 Å². The van der Waals surface area contributed by atoms with Crippen LogP contribution in [-0.4, -0.2) is 25.3 Å². The molecule has 6 heteroatoms. The van der Waals surface area contributed by atoms with Gasteiger partial charge < -0.3 is 4.74 Å². The SMILES string of the molecule is COc1ccc2c(C(C)=O)cn(S(=O)(=O)c3ccc(C)cc3)c2c1. The van der Waals surface area contributed by atoms with Gasteiger partial charge in [0, 0.05) is 23.2 Å². The topological polar surface area (TPSA) is 65.4 Å². The standard InChI is InChI=1S/C18H17NO4S/c1-12-4-7-15(8-5-12)24(21,22)19-11-17(13(2)20)16-9-6-14(23-3)10-18(16)19/h4-11H,1-3H3. The summed E-state index contributed by atoms with van der Waals surface area (Å²) in [5.41, 5.74) is 1.75. The van der Waals surface area contributed by atoms with Gasteiger partial charge in [-0.25, -0.2) is 12.4 Å². The highest BCUT2D eigenvalue weighted by atomic mass is 32.2. The molecule has 2 aromatic carbocycles. The highest BCUT2D eigenvalue weighted by Crippen LogP contribution is 2.29. The Balaban J connectivity index is 2.32. The second-order valence-corrected chi connectivity index (χ2v) is 7.41. The number of aromatic nitrogens is 1. The van der Waals surface area contributed by atoms with E-state index < -0.39 is 10.0 Å². The van der Waals surface area contributed by atoms with Crippen molar-refractivity contribution in [3.8, 4) is 5.75 Å². The van der Waals surface area contributed by atoms with E-state index in [4.69, 9.17) is 4.74 Å². The number of carbonyl (C=O) groups excluding carboxylic acids is 1. The minimum atomic E-state index is -3.81. The van der Waals surface area contributed by atoms with Gasteiger partial charge in [0.25, 0.3) is 10.0 Å². The number of carbonyl (C=O) groups is 1. The number of ketones is 1. The van der Waals surface area contributed by atoms with Crippen LogP contribution in [0.2, 0.25) is 0 Å². The smallest absolute Gasteiger partial charge is 0.268 e. The summed E-state index contributed by atoms with van der Waals surface area (Å²) in [6.45, 7) is 3.31. The van der Waals surface area contributed by atoms with Crippen LogP contribution in [0.4, 0.5) is 0 Å². The molecule has 3 rings (SSSR count). The first-order valence-corrected chi connectivity index (χ1v) is 8.81. The molecule has 1 aromatic heterocycles. The second kappa shape index (κ2) is 5.79. The number of Topliss-reactive ketones (excluding diaryl/α,β-unsaturated/α-hetero) is 1. The third-order valence-electron chi connectivity index (χ3n) is 3.94. The number of methoxy groups -OCH3 is 1. The predicted octanol–water partition coefficient (Wildman–Crippen LogP) is 3.40. The van der Waals surface area contributed by atoms with E-state index in [1.165, 1.54) is 20.2 Å². The first-order chi connectivity index (χ1) is 11.3. The first kappa shape index (κ1) is 16.3. The van der Waals surface area contributed by atoms with Gasteiger partial charge in [0.15, 0.2) is 5.78 Å². The molecular formula is C18H17NO4S. The maximum atomic E-state index is 13.0. The fourth-order valence-corrected chi connectivity index (χ4v) is 3.97. The summed E-state index contributed by atoms with van der Waals surface area (Å²) in [5.74, 6) is 0.332. The van der Waals surface area contributed by atoms with Gasteiger partial charge in [0.2, 0.25) is 0 Å². The van der Waals surface area contributed by atoms with Gasteiger partial charge in [-0.1, -0.05) is 17.7 Å². The zero-order chi connectivity index (χ0) is 17.5. The minimum absolute atomic E-state index is 0.169. The number of rotatable bonds is 4. The van der Waals surface area contributed by atoms with Crippen molar-refractivity contribution in [2.75, 3.05) is 7.11 Å². The van der Waals surface area contributed by atoms with Crippen LogP contribution in [0.1, 0.15) is 22.8 Å². The Hall–Kier alpha value is -2.60. The number of fused-ring (bicyclic) bond motifs is 1. The third-order valence-corrected chi connectivity index (χ3v) is 5.62. The molecule has 3 aromatic rings. The van der Waals surface area contributed by atoms with Crippen LogP contribution in [0.15, 0.2) is 53.6 Å². The monoisotopic (exact) mass is 343 g/mol. The lowest BCUT2D eigenvalue weighted by Gasteiger charge is -2.08. The Kier molecular flexibility index (Phi) is 3.93. The molecule has 0 bridgehead atoms. The van der Waals surface area contributed by atoms with Crippen LogP contribution >= 0.6 is 0 Å². The van der Waals surface area contributed by atoms with E-state index in [2.05, 4.69) is 0 Å². The Labute approximate surface area is 140 Å². The van der Waals surface area contributed by atoms with Crippen LogP contribution in [0, 0.1) is 6.92 Å². The summed E-state index contributed by atoms with van der Waals surface area (Å²) < 4.78 is 32.3. The number of hydrogen-bond acceptors (Lipinski definition) is 4. The van der Waals surface area contributed by atoms with Gasteiger partial charge in [-0.05, 0) is 38.1 Å². The predicted molar refractivity (Wildman–Crippen MR) is 92.3 cm³/mol. The quantitative estimate of drug-likeness (QED) is 0.681. The van der Waals surface area contributed by atoms with Gasteiger partial charge in [0.1, 0.15) is 5.75 Å². The van der Waals surface area contributed by atoms with Gasteiger partial charge >= 0.3 is 0 Å². The van der Waals surface area contributed by atoms with Gasteiger partial charge in [-0.15, -0.1) is 0 Å². The molecule has 0 saturated heterocycles. The molecule has 0 radical (unpaired) electrons. The molecule has 124 valence electrons. The summed E-state index contributed by atoms with van der Waals surface area (Å²) in [7, 11) is -2.30. The zero-order valence-corrected chi connectivity index (χ0v) is 14.4. The largest absolute Gasteiger partial charge is 0.497 e. The van der Waals surface area contributed by atoms with Crippen LogP contribution < -0.4 is 4.74 Å². The Morgan fingerprint density at radius 2 is 1.75 bits per heavy atom. The molecule has 0 aliphatic carbocycles. The van der Waals surface area contributed by atoms with E-state index in [0.717, 1.165) is 9.54 Å². The molecular weight excluding hydrogens is 326 g/mol. The number of hydrogen-bond donors (Lipinski definition) is 0. The summed E-state index contributed by atoms with van der Waals surface area (Å²) >= 11 is 0. The number of ether oxygens (including phenoxy) is 1. The summed E-state index contributed by atoms with van der Waals surface area (Å²) in [6.07, 6.45) is 1.38. The average Bonchev–Trinajstić information content (AvgIpc) is 2.94. The van der Waals surface area contributed by atoms with Crippen LogP contribution in [-0.2, 0) is 10.0 Å². The maximum Gasteiger partial charge on any atom is 0.268 e. The maximum absolute atomic E-state index is 13.0. The lowest BCUT2D eigenvalue weighted by atomic mass is 10.1. The molecule has 0 aliphatic rings. The Bertz CT molecular complexity index is 1030. The molecule has 5 nitrogen and oxygen atoms in total. The van der Waals surface area contributed by atoms with E-state index in [9.17, 15) is 13.2 Å².